The molecule has 150 valence electrons. The normalized spacial score (nSPS) is 17.4. The third kappa shape index (κ3) is 6.19. The fraction of sp³-hybridized carbons (Fsp3) is 0.647. The minimum Gasteiger partial charge on any atom is -1.00 e. The van der Waals surface area contributed by atoms with Crippen molar-refractivity contribution in [2.75, 3.05) is 64.4 Å². The summed E-state index contributed by atoms with van der Waals surface area (Å²) in [5.74, 6) is 0.470. The summed E-state index contributed by atoms with van der Waals surface area (Å²) in [7, 11) is 2.29. The lowest BCUT2D eigenvalue weighted by atomic mass is 10.2. The molecule has 7 nitrogen and oxygen atoms in total. The zero-order valence-corrected chi connectivity index (χ0v) is 17.5. The minimum absolute atomic E-state index is 0. The van der Waals surface area contributed by atoms with Crippen LogP contribution in [-0.4, -0.2) is 82.6 Å². The molecule has 1 aromatic carbocycles. The molecule has 2 rings (SSSR count). The average molecular weight is 408 g/mol. The second kappa shape index (κ2) is 9.12. The first-order chi connectivity index (χ1) is 11.6. The second-order valence-electron chi connectivity index (χ2n) is 7.21. The summed E-state index contributed by atoms with van der Waals surface area (Å²) in [4.78, 5) is 2.30. The number of aromatic hydroxyl groups is 1. The van der Waals surface area contributed by atoms with Gasteiger partial charge in [0.15, 0.2) is 0 Å². The number of phenols is 1. The Balaban J connectivity index is 0.00000338. The SMILES string of the molecule is COc1cc(NS(=O)(=O)CCC[N+]2(C)CCN(C)CC2)c(O)cc1C.[Cl-]. The summed E-state index contributed by atoms with van der Waals surface area (Å²) in [5, 5.41) is 9.98. The number of ether oxygens (including phenoxy) is 1. The van der Waals surface area contributed by atoms with E-state index in [0.29, 0.717) is 12.2 Å². The summed E-state index contributed by atoms with van der Waals surface area (Å²) in [6.07, 6.45) is 0.583. The molecule has 0 spiro atoms. The quantitative estimate of drug-likeness (QED) is 0.413. The Kier molecular flexibility index (Phi) is 8.01. The van der Waals surface area contributed by atoms with Crippen molar-refractivity contribution in [1.29, 1.82) is 0 Å². The van der Waals surface area contributed by atoms with Gasteiger partial charge >= 0.3 is 0 Å². The summed E-state index contributed by atoms with van der Waals surface area (Å²) in [6.45, 7) is 6.78. The number of benzene rings is 1. The second-order valence-corrected chi connectivity index (χ2v) is 9.05. The Labute approximate surface area is 163 Å². The highest BCUT2D eigenvalue weighted by molar-refractivity contribution is 7.92. The van der Waals surface area contributed by atoms with E-state index in [-0.39, 0.29) is 29.6 Å². The Bertz CT molecular complexity index is 704. The first-order valence-corrected chi connectivity index (χ1v) is 10.2. The van der Waals surface area contributed by atoms with Gasteiger partial charge in [-0.1, -0.05) is 0 Å². The highest BCUT2D eigenvalue weighted by Gasteiger charge is 2.27. The molecule has 9 heteroatoms. The Morgan fingerprint density at radius 3 is 2.50 bits per heavy atom. The van der Waals surface area contributed by atoms with Crippen molar-refractivity contribution in [2.24, 2.45) is 0 Å². The van der Waals surface area contributed by atoms with E-state index in [1.807, 2.05) is 0 Å². The van der Waals surface area contributed by atoms with Gasteiger partial charge in [-0.2, -0.15) is 0 Å². The molecule has 1 fully saturated rings. The van der Waals surface area contributed by atoms with Crippen molar-refractivity contribution < 1.29 is 35.2 Å². The summed E-state index contributed by atoms with van der Waals surface area (Å²) in [5.41, 5.74) is 0.901. The summed E-state index contributed by atoms with van der Waals surface area (Å²) in [6, 6.07) is 3.00. The molecule has 0 aromatic heterocycles. The standard InChI is InChI=1S/C17H29N3O4S.ClH/c1-14-12-16(21)15(13-17(14)24-4)18-25(22,23)11-5-8-20(3)9-6-19(2)7-10-20;/h12-13,18H,5-11H2,1-4H3;1H. The van der Waals surface area contributed by atoms with Gasteiger partial charge in [-0.25, -0.2) is 8.42 Å². The molecule has 2 N–H and O–H groups in total. The number of methoxy groups -OCH3 is 1. The predicted molar refractivity (Wildman–Crippen MR) is 99.7 cm³/mol. The van der Waals surface area contributed by atoms with Gasteiger partial charge < -0.3 is 26.7 Å². The van der Waals surface area contributed by atoms with Crippen LogP contribution >= 0.6 is 0 Å². The van der Waals surface area contributed by atoms with Crippen LogP contribution in [0.1, 0.15) is 12.0 Å². The van der Waals surface area contributed by atoms with Crippen molar-refractivity contribution in [1.82, 2.24) is 4.90 Å². The van der Waals surface area contributed by atoms with Crippen molar-refractivity contribution in [3.8, 4) is 11.5 Å². The lowest BCUT2D eigenvalue weighted by molar-refractivity contribution is -0.913. The van der Waals surface area contributed by atoms with E-state index in [2.05, 4.69) is 23.7 Å². The number of rotatable bonds is 7. The third-order valence-corrected chi connectivity index (χ3v) is 6.29. The van der Waals surface area contributed by atoms with Gasteiger partial charge in [0.05, 0.1) is 45.2 Å². The van der Waals surface area contributed by atoms with Crippen LogP contribution in [0.15, 0.2) is 12.1 Å². The van der Waals surface area contributed by atoms with Crippen molar-refractivity contribution in [3.63, 3.8) is 0 Å². The maximum Gasteiger partial charge on any atom is 0.233 e. The smallest absolute Gasteiger partial charge is 0.233 e. The molecule has 0 radical (unpaired) electrons. The average Bonchev–Trinajstić information content (AvgIpc) is 2.53. The highest BCUT2D eigenvalue weighted by atomic mass is 35.5. The van der Waals surface area contributed by atoms with Crippen LogP contribution in [0.3, 0.4) is 0 Å². The first-order valence-electron chi connectivity index (χ1n) is 8.54. The maximum atomic E-state index is 12.4. The number of hydrogen-bond donors (Lipinski definition) is 2. The molecule has 0 aliphatic carbocycles. The summed E-state index contributed by atoms with van der Waals surface area (Å²) >= 11 is 0. The number of likely N-dealkylation sites (N-methyl/N-ethyl adjacent to an activating group) is 2. The van der Waals surface area contributed by atoms with Crippen molar-refractivity contribution >= 4 is 15.7 Å². The zero-order chi connectivity index (χ0) is 18.7. The Hall–Kier alpha value is -1.22. The molecule has 1 aromatic rings. The molecular formula is C17H30ClN3O4S. The number of piperazine rings is 1. The molecule has 1 aliphatic rings. The summed E-state index contributed by atoms with van der Waals surface area (Å²) < 4.78 is 33.3. The number of halogens is 1. The van der Waals surface area contributed by atoms with E-state index in [9.17, 15) is 13.5 Å². The first kappa shape index (κ1) is 22.8. The van der Waals surface area contributed by atoms with Crippen LogP contribution in [0.5, 0.6) is 11.5 Å². The van der Waals surface area contributed by atoms with Gasteiger partial charge in [-0.3, -0.25) is 9.62 Å². The Morgan fingerprint density at radius 1 is 1.31 bits per heavy atom. The van der Waals surface area contributed by atoms with Gasteiger partial charge in [0.1, 0.15) is 11.5 Å². The monoisotopic (exact) mass is 407 g/mol. The van der Waals surface area contributed by atoms with Crippen molar-refractivity contribution in [3.05, 3.63) is 17.7 Å². The van der Waals surface area contributed by atoms with Gasteiger partial charge in [-0.15, -0.1) is 0 Å². The van der Waals surface area contributed by atoms with E-state index in [0.717, 1.165) is 42.8 Å². The van der Waals surface area contributed by atoms with E-state index >= 15 is 0 Å². The van der Waals surface area contributed by atoms with Crippen LogP contribution in [0.25, 0.3) is 0 Å². The minimum atomic E-state index is -3.52. The van der Waals surface area contributed by atoms with Gasteiger partial charge in [0.2, 0.25) is 10.0 Å². The van der Waals surface area contributed by atoms with E-state index in [4.69, 9.17) is 4.74 Å². The number of quaternary nitrogens is 1. The number of anilines is 1. The number of hydrogen-bond acceptors (Lipinski definition) is 5. The van der Waals surface area contributed by atoms with Gasteiger partial charge in [-0.05, 0) is 25.6 Å². The van der Waals surface area contributed by atoms with E-state index < -0.39 is 10.0 Å². The zero-order valence-electron chi connectivity index (χ0n) is 16.0. The fourth-order valence-corrected chi connectivity index (χ4v) is 4.21. The molecule has 0 saturated carbocycles. The molecule has 26 heavy (non-hydrogen) atoms. The van der Waals surface area contributed by atoms with Crippen molar-refractivity contribution in [2.45, 2.75) is 13.3 Å². The van der Waals surface area contributed by atoms with Crippen LogP contribution in [0.2, 0.25) is 0 Å². The van der Waals surface area contributed by atoms with E-state index in [1.54, 1.807) is 6.92 Å². The molecular weight excluding hydrogens is 378 g/mol. The largest absolute Gasteiger partial charge is 1.00 e. The predicted octanol–water partition coefficient (Wildman–Crippen LogP) is -1.76. The van der Waals surface area contributed by atoms with E-state index in [1.165, 1.54) is 19.2 Å². The number of sulfonamides is 1. The number of phenolic OH excluding ortho intramolecular Hbond substituents is 1. The molecule has 0 atom stereocenters. The molecule has 1 aliphatic heterocycles. The van der Waals surface area contributed by atoms with Gasteiger partial charge in [0.25, 0.3) is 0 Å². The topological polar surface area (TPSA) is 78.9 Å². The Morgan fingerprint density at radius 2 is 1.92 bits per heavy atom. The highest BCUT2D eigenvalue weighted by Crippen LogP contribution is 2.32. The van der Waals surface area contributed by atoms with Crippen LogP contribution in [0, 0.1) is 6.92 Å². The lowest BCUT2D eigenvalue weighted by Gasteiger charge is -2.41. The van der Waals surface area contributed by atoms with Crippen LogP contribution in [0.4, 0.5) is 5.69 Å². The lowest BCUT2D eigenvalue weighted by Crippen LogP contribution is -3.00. The molecule has 1 saturated heterocycles. The molecule has 1 heterocycles. The maximum absolute atomic E-state index is 12.4. The molecule has 0 bridgehead atoms. The fourth-order valence-electron chi connectivity index (χ4n) is 3.10. The van der Waals surface area contributed by atoms with Crippen LogP contribution in [-0.2, 0) is 10.0 Å². The van der Waals surface area contributed by atoms with Gasteiger partial charge in [0, 0.05) is 25.6 Å². The number of nitrogens with one attached hydrogen (secondary N) is 1. The number of nitrogens with zero attached hydrogens (tertiary/aromatic N) is 2. The molecule has 0 unspecified atom stereocenters. The van der Waals surface area contributed by atoms with Crippen LogP contribution < -0.4 is 21.9 Å². The molecule has 0 amide bonds. The number of aryl methyl sites for hydroxylation is 1. The third-order valence-electron chi connectivity index (χ3n) is 4.93.